The average molecular weight is 196 g/mol. The van der Waals surface area contributed by atoms with Crippen molar-refractivity contribution in [1.29, 1.82) is 0 Å². The lowest BCUT2D eigenvalue weighted by Crippen LogP contribution is -2.41. The molecule has 0 saturated heterocycles. The summed E-state index contributed by atoms with van der Waals surface area (Å²) in [6, 6.07) is 0. The Balaban J connectivity index is 3.01. The minimum absolute atomic E-state index is 0.462. The van der Waals surface area contributed by atoms with E-state index < -0.39 is 22.8 Å². The lowest BCUT2D eigenvalue weighted by atomic mass is 9.85. The molecule has 0 radical (unpaired) electrons. The normalized spacial score (nSPS) is 35.7. The van der Waals surface area contributed by atoms with Gasteiger partial charge >= 0.3 is 0 Å². The number of hydrogen-bond donors (Lipinski definition) is 2. The summed E-state index contributed by atoms with van der Waals surface area (Å²) in [6.45, 7) is 2.46. The van der Waals surface area contributed by atoms with Crippen molar-refractivity contribution in [3.8, 4) is 0 Å². The smallest absolute Gasteiger partial charge is 0.169 e. The fraction of sp³-hybridized carbons (Fsp3) is 0.400. The van der Waals surface area contributed by atoms with Gasteiger partial charge in [0.25, 0.3) is 0 Å². The fourth-order valence-electron chi connectivity index (χ4n) is 1.09. The van der Waals surface area contributed by atoms with Gasteiger partial charge < -0.3 is 10.2 Å². The second-order valence-electron chi connectivity index (χ2n) is 3.43. The molecule has 0 aromatic heterocycles. The van der Waals surface area contributed by atoms with Crippen LogP contribution in [-0.2, 0) is 9.59 Å². The van der Waals surface area contributed by atoms with Crippen LogP contribution in [0.3, 0.4) is 0 Å². The predicted octanol–water partition coefficient (Wildman–Crippen LogP) is -0.247. The van der Waals surface area contributed by atoms with Crippen molar-refractivity contribution in [3.05, 3.63) is 24.3 Å². The molecule has 0 unspecified atom stereocenters. The minimum Gasteiger partial charge on any atom is -0.374 e. The third-order valence-electron chi connectivity index (χ3n) is 2.31. The minimum atomic E-state index is -1.69. The molecule has 76 valence electrons. The summed E-state index contributed by atoms with van der Waals surface area (Å²) in [4.78, 5) is 22.0. The molecule has 4 nitrogen and oxygen atoms in total. The van der Waals surface area contributed by atoms with Crippen LogP contribution in [0.4, 0.5) is 0 Å². The summed E-state index contributed by atoms with van der Waals surface area (Å²) >= 11 is 0. The Labute approximate surface area is 81.6 Å². The molecule has 2 N–H and O–H groups in total. The van der Waals surface area contributed by atoms with E-state index in [9.17, 15) is 19.8 Å². The van der Waals surface area contributed by atoms with Crippen molar-refractivity contribution in [1.82, 2.24) is 0 Å². The van der Waals surface area contributed by atoms with Gasteiger partial charge in [-0.3, -0.25) is 9.59 Å². The summed E-state index contributed by atoms with van der Waals surface area (Å²) in [7, 11) is 0. The van der Waals surface area contributed by atoms with Crippen LogP contribution < -0.4 is 0 Å². The van der Waals surface area contributed by atoms with E-state index in [4.69, 9.17) is 0 Å². The summed E-state index contributed by atoms with van der Waals surface area (Å²) in [5.74, 6) is -0.925. The highest BCUT2D eigenvalue weighted by molar-refractivity contribution is 5.94. The van der Waals surface area contributed by atoms with E-state index in [0.717, 1.165) is 24.3 Å². The molecule has 4 heteroatoms. The molecule has 1 aliphatic carbocycles. The number of aliphatic hydroxyl groups is 2. The number of ketones is 2. The molecule has 0 saturated carbocycles. The second-order valence-corrected chi connectivity index (χ2v) is 3.43. The highest BCUT2D eigenvalue weighted by Crippen LogP contribution is 2.23. The van der Waals surface area contributed by atoms with Crippen LogP contribution in [0.25, 0.3) is 0 Å². The molecule has 1 aliphatic rings. The molecule has 0 aromatic carbocycles. The molecule has 14 heavy (non-hydrogen) atoms. The van der Waals surface area contributed by atoms with Gasteiger partial charge in [0.1, 0.15) is 0 Å². The van der Waals surface area contributed by atoms with Gasteiger partial charge in [-0.1, -0.05) is 0 Å². The molecule has 0 aliphatic heterocycles. The Bertz CT molecular complexity index is 292. The predicted molar refractivity (Wildman–Crippen MR) is 49.5 cm³/mol. The van der Waals surface area contributed by atoms with Gasteiger partial charge in [-0.25, -0.2) is 0 Å². The zero-order valence-corrected chi connectivity index (χ0v) is 8.02. The van der Waals surface area contributed by atoms with Crippen molar-refractivity contribution in [2.75, 3.05) is 0 Å². The number of hydrogen-bond acceptors (Lipinski definition) is 4. The maximum Gasteiger partial charge on any atom is 0.169 e. The van der Waals surface area contributed by atoms with E-state index in [1.165, 1.54) is 13.8 Å². The summed E-state index contributed by atoms with van der Waals surface area (Å²) in [5, 5.41) is 19.2. The third-order valence-corrected chi connectivity index (χ3v) is 2.31. The Morgan fingerprint density at radius 2 is 1.07 bits per heavy atom. The van der Waals surface area contributed by atoms with Gasteiger partial charge in [-0.2, -0.15) is 0 Å². The lowest BCUT2D eigenvalue weighted by Gasteiger charge is -2.26. The fourth-order valence-corrected chi connectivity index (χ4v) is 1.09. The number of rotatable bonds is 2. The SMILES string of the molecule is CC(=O)C1(O)C=CC(O)(C(C)=O)C=C1. The van der Waals surface area contributed by atoms with Crippen molar-refractivity contribution >= 4 is 11.6 Å². The van der Waals surface area contributed by atoms with Crippen molar-refractivity contribution in [2.24, 2.45) is 0 Å². The van der Waals surface area contributed by atoms with E-state index in [-0.39, 0.29) is 0 Å². The zero-order valence-electron chi connectivity index (χ0n) is 8.02. The van der Waals surface area contributed by atoms with Crippen molar-refractivity contribution in [3.63, 3.8) is 0 Å². The summed E-state index contributed by atoms with van der Waals surface area (Å²) in [6.07, 6.45) is 4.49. The van der Waals surface area contributed by atoms with Gasteiger partial charge in [0, 0.05) is 0 Å². The summed E-state index contributed by atoms with van der Waals surface area (Å²) < 4.78 is 0. The van der Waals surface area contributed by atoms with Gasteiger partial charge in [-0.15, -0.1) is 0 Å². The third kappa shape index (κ3) is 1.66. The van der Waals surface area contributed by atoms with E-state index in [1.54, 1.807) is 0 Å². The quantitative estimate of drug-likeness (QED) is 0.597. The van der Waals surface area contributed by atoms with E-state index in [2.05, 4.69) is 0 Å². The van der Waals surface area contributed by atoms with Crippen LogP contribution in [-0.4, -0.2) is 33.0 Å². The molecular weight excluding hydrogens is 184 g/mol. The Morgan fingerprint density at radius 3 is 1.21 bits per heavy atom. The van der Waals surface area contributed by atoms with E-state index >= 15 is 0 Å². The second kappa shape index (κ2) is 3.15. The molecule has 0 spiro atoms. The zero-order chi connectivity index (χ0) is 11.0. The highest BCUT2D eigenvalue weighted by Gasteiger charge is 2.36. The molecule has 0 heterocycles. The number of carbonyl (C=O) groups is 2. The van der Waals surface area contributed by atoms with E-state index in [0.29, 0.717) is 0 Å². The lowest BCUT2D eigenvalue weighted by molar-refractivity contribution is -0.130. The van der Waals surface area contributed by atoms with Gasteiger partial charge in [0.2, 0.25) is 0 Å². The first kappa shape index (κ1) is 10.8. The summed E-state index contributed by atoms with van der Waals surface area (Å²) in [5.41, 5.74) is -3.39. The van der Waals surface area contributed by atoms with Crippen molar-refractivity contribution in [2.45, 2.75) is 25.0 Å². The van der Waals surface area contributed by atoms with Crippen molar-refractivity contribution < 1.29 is 19.8 Å². The van der Waals surface area contributed by atoms with Crippen LogP contribution in [0.1, 0.15) is 13.8 Å². The Morgan fingerprint density at radius 1 is 0.857 bits per heavy atom. The van der Waals surface area contributed by atoms with E-state index in [1.807, 2.05) is 0 Å². The Hall–Kier alpha value is -1.26. The molecule has 0 aromatic rings. The number of carbonyl (C=O) groups excluding carboxylic acids is 2. The Kier molecular flexibility index (Phi) is 2.43. The van der Waals surface area contributed by atoms with Crippen LogP contribution in [0.5, 0.6) is 0 Å². The molecule has 0 atom stereocenters. The molecule has 1 rings (SSSR count). The van der Waals surface area contributed by atoms with Crippen LogP contribution in [0.2, 0.25) is 0 Å². The first-order chi connectivity index (χ1) is 6.30. The number of Topliss-reactive ketones (excluding diaryl/α,β-unsaturated/α-hetero) is 2. The first-order valence-electron chi connectivity index (χ1n) is 4.18. The molecule has 0 fully saturated rings. The monoisotopic (exact) mass is 196 g/mol. The topological polar surface area (TPSA) is 74.6 Å². The molecular formula is C10H12O4. The molecule has 0 amide bonds. The average Bonchev–Trinajstić information content (AvgIpc) is 2.10. The van der Waals surface area contributed by atoms with Gasteiger partial charge in [0.15, 0.2) is 22.8 Å². The van der Waals surface area contributed by atoms with Gasteiger partial charge in [-0.05, 0) is 38.2 Å². The van der Waals surface area contributed by atoms with Gasteiger partial charge in [0.05, 0.1) is 0 Å². The maximum atomic E-state index is 11.0. The van der Waals surface area contributed by atoms with Crippen LogP contribution >= 0.6 is 0 Å². The maximum absolute atomic E-state index is 11.0. The van der Waals surface area contributed by atoms with Crippen LogP contribution in [0, 0.1) is 0 Å². The first-order valence-corrected chi connectivity index (χ1v) is 4.18. The largest absolute Gasteiger partial charge is 0.374 e. The molecule has 0 bridgehead atoms. The highest BCUT2D eigenvalue weighted by atomic mass is 16.3. The van der Waals surface area contributed by atoms with Crippen LogP contribution in [0.15, 0.2) is 24.3 Å². The standard InChI is InChI=1S/C10H12O4/c1-7(11)9(13)3-5-10(14,6-4-9)8(2)12/h3-6,13-14H,1-2H3.